The summed E-state index contributed by atoms with van der Waals surface area (Å²) in [6.07, 6.45) is 2.56. The molecular formula is C14H18SSi. The molecule has 1 aromatic carbocycles. The van der Waals surface area contributed by atoms with Crippen molar-refractivity contribution in [2.45, 2.75) is 37.4 Å². The van der Waals surface area contributed by atoms with E-state index >= 15 is 0 Å². The number of fused-ring (bicyclic) bond motifs is 1. The predicted molar refractivity (Wildman–Crippen MR) is 75.7 cm³/mol. The maximum atomic E-state index is 3.42. The Labute approximate surface area is 104 Å². The molecule has 0 saturated heterocycles. The second kappa shape index (κ2) is 4.69. The number of hydrogen-bond donors (Lipinski definition) is 0. The van der Waals surface area contributed by atoms with Crippen molar-refractivity contribution >= 4 is 19.8 Å². The molecule has 0 unspecified atom stereocenters. The minimum Gasteiger partial charge on any atom is -0.127 e. The Bertz CT molecular complexity index is 446. The smallest absolute Gasteiger partial charge is 0.127 e. The lowest BCUT2D eigenvalue weighted by Crippen LogP contribution is -2.16. The molecule has 0 aromatic heterocycles. The first-order valence-corrected chi connectivity index (χ1v) is 10.3. The molecule has 2 heteroatoms. The van der Waals surface area contributed by atoms with Gasteiger partial charge in [-0.15, -0.1) is 17.3 Å². The second-order valence-electron chi connectivity index (χ2n) is 5.27. The molecule has 1 aliphatic heterocycles. The normalized spacial score (nSPS) is 14.9. The van der Waals surface area contributed by atoms with Crippen LogP contribution in [0.15, 0.2) is 23.1 Å². The SMILES string of the molecule is C[Si](C)(C)C#Cc1ccc2c(c1)SCCC2. The van der Waals surface area contributed by atoms with E-state index in [1.165, 1.54) is 34.6 Å². The highest BCUT2D eigenvalue weighted by molar-refractivity contribution is 7.99. The molecule has 0 atom stereocenters. The Hall–Kier alpha value is -0.653. The van der Waals surface area contributed by atoms with E-state index in [1.54, 1.807) is 0 Å². The van der Waals surface area contributed by atoms with Gasteiger partial charge in [0.1, 0.15) is 8.07 Å². The molecule has 0 amide bonds. The van der Waals surface area contributed by atoms with Crippen LogP contribution in [0.3, 0.4) is 0 Å². The Morgan fingerprint density at radius 2 is 2.06 bits per heavy atom. The van der Waals surface area contributed by atoms with E-state index < -0.39 is 8.07 Å². The first-order valence-electron chi connectivity index (χ1n) is 5.83. The summed E-state index contributed by atoms with van der Waals surface area (Å²) in [7, 11) is -1.24. The third kappa shape index (κ3) is 3.17. The molecule has 0 fully saturated rings. The van der Waals surface area contributed by atoms with E-state index in [9.17, 15) is 0 Å². The van der Waals surface area contributed by atoms with Gasteiger partial charge < -0.3 is 0 Å². The molecule has 0 N–H and O–H groups in total. The average molecular weight is 246 g/mol. The van der Waals surface area contributed by atoms with E-state index in [2.05, 4.69) is 49.3 Å². The third-order valence-electron chi connectivity index (χ3n) is 2.50. The van der Waals surface area contributed by atoms with Gasteiger partial charge in [-0.3, -0.25) is 0 Å². The maximum absolute atomic E-state index is 3.42. The number of rotatable bonds is 0. The highest BCUT2D eigenvalue weighted by Crippen LogP contribution is 2.30. The Morgan fingerprint density at radius 3 is 2.81 bits per heavy atom. The fraction of sp³-hybridized carbons (Fsp3) is 0.429. The number of thioether (sulfide) groups is 1. The number of benzene rings is 1. The van der Waals surface area contributed by atoms with Gasteiger partial charge in [-0.2, -0.15) is 0 Å². The molecule has 0 aliphatic carbocycles. The summed E-state index contributed by atoms with van der Waals surface area (Å²) in [5.41, 5.74) is 6.12. The second-order valence-corrected chi connectivity index (χ2v) is 11.2. The van der Waals surface area contributed by atoms with Gasteiger partial charge in [0.2, 0.25) is 0 Å². The summed E-state index contributed by atoms with van der Waals surface area (Å²) in [5, 5.41) is 0. The van der Waals surface area contributed by atoms with Gasteiger partial charge in [0.05, 0.1) is 0 Å². The van der Waals surface area contributed by atoms with Crippen LogP contribution in [0, 0.1) is 11.5 Å². The molecular weight excluding hydrogens is 228 g/mol. The van der Waals surface area contributed by atoms with Crippen LogP contribution < -0.4 is 0 Å². The van der Waals surface area contributed by atoms with Crippen molar-refractivity contribution < 1.29 is 0 Å². The molecule has 0 nitrogen and oxygen atoms in total. The topological polar surface area (TPSA) is 0 Å². The molecule has 0 radical (unpaired) electrons. The largest absolute Gasteiger partial charge is 0.129 e. The quantitative estimate of drug-likeness (QED) is 0.493. The van der Waals surface area contributed by atoms with Crippen molar-refractivity contribution in [2.75, 3.05) is 5.75 Å². The Morgan fingerprint density at radius 1 is 1.25 bits per heavy atom. The molecule has 2 rings (SSSR count). The van der Waals surface area contributed by atoms with Crippen LogP contribution >= 0.6 is 11.8 Å². The van der Waals surface area contributed by atoms with E-state index in [4.69, 9.17) is 0 Å². The van der Waals surface area contributed by atoms with Crippen molar-refractivity contribution in [3.05, 3.63) is 29.3 Å². The minimum absolute atomic E-state index is 1.19. The summed E-state index contributed by atoms with van der Waals surface area (Å²) in [4.78, 5) is 1.45. The summed E-state index contributed by atoms with van der Waals surface area (Å²) in [5.74, 6) is 4.59. The summed E-state index contributed by atoms with van der Waals surface area (Å²) in [6, 6.07) is 6.71. The van der Waals surface area contributed by atoms with Crippen molar-refractivity contribution in [1.29, 1.82) is 0 Å². The lowest BCUT2D eigenvalue weighted by Gasteiger charge is -2.14. The number of aryl methyl sites for hydroxylation is 1. The first kappa shape index (κ1) is 11.8. The third-order valence-corrected chi connectivity index (χ3v) is 4.56. The van der Waals surface area contributed by atoms with Crippen LogP contribution in [-0.2, 0) is 6.42 Å². The zero-order chi connectivity index (χ0) is 11.6. The molecule has 16 heavy (non-hydrogen) atoms. The van der Waals surface area contributed by atoms with Gasteiger partial charge in [-0.25, -0.2) is 0 Å². The van der Waals surface area contributed by atoms with Gasteiger partial charge in [0.15, 0.2) is 0 Å². The zero-order valence-electron chi connectivity index (χ0n) is 10.3. The van der Waals surface area contributed by atoms with Crippen molar-refractivity contribution in [2.24, 2.45) is 0 Å². The maximum Gasteiger partial charge on any atom is 0.129 e. The highest BCUT2D eigenvalue weighted by atomic mass is 32.2. The van der Waals surface area contributed by atoms with Crippen molar-refractivity contribution in [3.8, 4) is 11.5 Å². The minimum atomic E-state index is -1.24. The van der Waals surface area contributed by atoms with Crippen LogP contribution in [0.4, 0.5) is 0 Å². The Balaban J connectivity index is 2.26. The van der Waals surface area contributed by atoms with Gasteiger partial charge in [0, 0.05) is 10.5 Å². The van der Waals surface area contributed by atoms with Gasteiger partial charge in [-0.1, -0.05) is 31.6 Å². The lowest BCUT2D eigenvalue weighted by molar-refractivity contribution is 0.889. The fourth-order valence-corrected chi connectivity index (χ4v) is 3.27. The summed E-state index contributed by atoms with van der Waals surface area (Å²) >= 11 is 1.98. The molecule has 1 aromatic rings. The molecule has 1 heterocycles. The van der Waals surface area contributed by atoms with Crippen molar-refractivity contribution in [1.82, 2.24) is 0 Å². The first-order chi connectivity index (χ1) is 7.54. The summed E-state index contributed by atoms with van der Waals surface area (Å²) < 4.78 is 0. The van der Waals surface area contributed by atoms with Crippen molar-refractivity contribution in [3.63, 3.8) is 0 Å². The molecule has 0 bridgehead atoms. The van der Waals surface area contributed by atoms with E-state index in [-0.39, 0.29) is 0 Å². The average Bonchev–Trinajstić information content (AvgIpc) is 2.25. The van der Waals surface area contributed by atoms with Gasteiger partial charge >= 0.3 is 0 Å². The molecule has 1 aliphatic rings. The number of hydrogen-bond acceptors (Lipinski definition) is 1. The molecule has 0 saturated carbocycles. The van der Waals surface area contributed by atoms with Gasteiger partial charge in [-0.05, 0) is 36.3 Å². The monoisotopic (exact) mass is 246 g/mol. The Kier molecular flexibility index (Phi) is 3.46. The van der Waals surface area contributed by atoms with E-state index in [0.717, 1.165) is 0 Å². The zero-order valence-corrected chi connectivity index (χ0v) is 12.1. The summed E-state index contributed by atoms with van der Waals surface area (Å²) in [6.45, 7) is 6.85. The van der Waals surface area contributed by atoms with E-state index in [0.29, 0.717) is 0 Å². The molecule has 84 valence electrons. The van der Waals surface area contributed by atoms with Crippen LogP contribution in [0.2, 0.25) is 19.6 Å². The van der Waals surface area contributed by atoms with Crippen LogP contribution in [0.1, 0.15) is 17.5 Å². The van der Waals surface area contributed by atoms with Crippen LogP contribution in [0.25, 0.3) is 0 Å². The fourth-order valence-electron chi connectivity index (χ4n) is 1.68. The van der Waals surface area contributed by atoms with Crippen LogP contribution in [0.5, 0.6) is 0 Å². The van der Waals surface area contributed by atoms with Gasteiger partial charge in [0.25, 0.3) is 0 Å². The van der Waals surface area contributed by atoms with E-state index in [1.807, 2.05) is 11.8 Å². The highest BCUT2D eigenvalue weighted by Gasteiger charge is 2.10. The van der Waals surface area contributed by atoms with Crippen LogP contribution in [-0.4, -0.2) is 13.8 Å². The predicted octanol–water partition coefficient (Wildman–Crippen LogP) is 3.95. The lowest BCUT2D eigenvalue weighted by atomic mass is 10.1. The molecule has 0 spiro atoms. The standard InChI is InChI=1S/C14H18SSi/c1-16(2,3)10-8-12-6-7-13-5-4-9-15-14(13)11-12/h6-7,11H,4-5,9H2,1-3H3.